The van der Waals surface area contributed by atoms with Gasteiger partial charge in [-0.3, -0.25) is 9.59 Å². The number of benzene rings is 2. The molecule has 0 N–H and O–H groups in total. The van der Waals surface area contributed by atoms with E-state index in [-0.39, 0.29) is 11.8 Å². The van der Waals surface area contributed by atoms with Crippen LogP contribution in [0.15, 0.2) is 72.5 Å². The molecule has 2 amide bonds. The highest BCUT2D eigenvalue weighted by Gasteiger charge is 2.71. The molecule has 148 valence electrons. The van der Waals surface area contributed by atoms with Gasteiger partial charge in [-0.2, -0.15) is 0 Å². The van der Waals surface area contributed by atoms with Crippen molar-refractivity contribution in [3.8, 4) is 0 Å². The summed E-state index contributed by atoms with van der Waals surface area (Å²) in [5.41, 5.74) is 0.912. The lowest BCUT2D eigenvalue weighted by molar-refractivity contribution is -0.128. The van der Waals surface area contributed by atoms with Crippen LogP contribution in [0.5, 0.6) is 0 Å². The number of carbonyl (C=O) groups is 2. The van der Waals surface area contributed by atoms with E-state index in [2.05, 4.69) is 12.1 Å². The van der Waals surface area contributed by atoms with Crippen molar-refractivity contribution in [2.75, 3.05) is 11.5 Å². The molecule has 29 heavy (non-hydrogen) atoms. The number of rotatable bonds is 6. The largest absolute Gasteiger partial charge is 0.495 e. The summed E-state index contributed by atoms with van der Waals surface area (Å²) in [6.07, 6.45) is 2.84. The van der Waals surface area contributed by atoms with E-state index in [1.54, 1.807) is 12.1 Å². The molecule has 2 fully saturated rings. The van der Waals surface area contributed by atoms with Gasteiger partial charge in [0.2, 0.25) is 11.8 Å². The smallest absolute Gasteiger partial charge is 0.241 e. The molecule has 2 bridgehead atoms. The summed E-state index contributed by atoms with van der Waals surface area (Å²) in [6, 6.07) is 19.3. The third-order valence-corrected chi connectivity index (χ3v) is 6.23. The van der Waals surface area contributed by atoms with Crippen LogP contribution in [0.2, 0.25) is 0 Å². The number of anilines is 1. The molecule has 5 nitrogen and oxygen atoms in total. The number of hydrogen-bond donors (Lipinski definition) is 0. The SMILES string of the molecule is CCOC1=CC2O[C@]1(CCc1ccccc1)[C@H]1C(=O)N(c3ccccc3)C(=O)[C@@H]21. The molecular weight excluding hydrogens is 366 g/mol. The first-order valence-electron chi connectivity index (χ1n) is 10.2. The van der Waals surface area contributed by atoms with Crippen LogP contribution in [0, 0.1) is 11.8 Å². The molecule has 2 saturated heterocycles. The molecule has 5 heteroatoms. The van der Waals surface area contributed by atoms with Crippen molar-refractivity contribution in [3.63, 3.8) is 0 Å². The van der Waals surface area contributed by atoms with E-state index in [4.69, 9.17) is 9.47 Å². The van der Waals surface area contributed by atoms with Gasteiger partial charge in [0.1, 0.15) is 11.4 Å². The summed E-state index contributed by atoms with van der Waals surface area (Å²) in [5.74, 6) is -0.687. The van der Waals surface area contributed by atoms with Gasteiger partial charge in [-0.25, -0.2) is 4.90 Å². The van der Waals surface area contributed by atoms with Gasteiger partial charge < -0.3 is 9.47 Å². The number of amides is 2. The Morgan fingerprint density at radius 3 is 2.38 bits per heavy atom. The Morgan fingerprint density at radius 2 is 1.69 bits per heavy atom. The minimum atomic E-state index is -0.878. The van der Waals surface area contributed by atoms with E-state index in [9.17, 15) is 9.59 Å². The second-order valence-electron chi connectivity index (χ2n) is 7.77. The zero-order valence-electron chi connectivity index (χ0n) is 16.3. The minimum absolute atomic E-state index is 0.176. The maximum atomic E-state index is 13.5. The summed E-state index contributed by atoms with van der Waals surface area (Å²) in [4.78, 5) is 28.1. The van der Waals surface area contributed by atoms with Crippen LogP contribution in [0.3, 0.4) is 0 Å². The summed E-state index contributed by atoms with van der Waals surface area (Å²) in [5, 5.41) is 0. The molecule has 4 atom stereocenters. The van der Waals surface area contributed by atoms with Crippen LogP contribution >= 0.6 is 0 Å². The molecule has 5 rings (SSSR count). The Morgan fingerprint density at radius 1 is 1.00 bits per heavy atom. The van der Waals surface area contributed by atoms with Crippen molar-refractivity contribution in [1.29, 1.82) is 0 Å². The Balaban J connectivity index is 1.51. The van der Waals surface area contributed by atoms with E-state index in [1.807, 2.05) is 49.4 Å². The average molecular weight is 389 g/mol. The van der Waals surface area contributed by atoms with Gasteiger partial charge in [0.05, 0.1) is 30.2 Å². The Kier molecular flexibility index (Phi) is 4.28. The first-order chi connectivity index (χ1) is 14.2. The lowest BCUT2D eigenvalue weighted by Gasteiger charge is -2.33. The average Bonchev–Trinajstić information content (AvgIpc) is 3.36. The maximum absolute atomic E-state index is 13.5. The van der Waals surface area contributed by atoms with Gasteiger partial charge in [0.25, 0.3) is 0 Å². The molecular formula is C24H23NO4. The fraction of sp³-hybridized carbons (Fsp3) is 0.333. The molecule has 0 radical (unpaired) electrons. The normalized spacial score (nSPS) is 29.9. The number of carbonyl (C=O) groups excluding carboxylic acids is 2. The quantitative estimate of drug-likeness (QED) is 0.710. The lowest BCUT2D eigenvalue weighted by atomic mass is 9.73. The first kappa shape index (κ1) is 18.1. The standard InChI is InChI=1S/C24H23NO4/c1-2-28-19-15-18-20-21(23(27)25(22(20)26)17-11-7-4-8-12-17)24(19,29-18)14-13-16-9-5-3-6-10-16/h3-12,15,18,20-21H,2,13-14H2,1H3/t18?,20-,21+,24-/m0/s1. The summed E-state index contributed by atoms with van der Waals surface area (Å²) < 4.78 is 12.3. The van der Waals surface area contributed by atoms with Crippen molar-refractivity contribution >= 4 is 17.5 Å². The van der Waals surface area contributed by atoms with Gasteiger partial charge >= 0.3 is 0 Å². The van der Waals surface area contributed by atoms with Crippen LogP contribution in [0.4, 0.5) is 5.69 Å². The monoisotopic (exact) mass is 389 g/mol. The van der Waals surface area contributed by atoms with E-state index < -0.39 is 23.5 Å². The molecule has 0 saturated carbocycles. The van der Waals surface area contributed by atoms with E-state index in [1.165, 1.54) is 10.5 Å². The van der Waals surface area contributed by atoms with Gasteiger partial charge in [0.15, 0.2) is 0 Å². The van der Waals surface area contributed by atoms with Crippen molar-refractivity contribution in [2.45, 2.75) is 31.5 Å². The second-order valence-corrected chi connectivity index (χ2v) is 7.77. The minimum Gasteiger partial charge on any atom is -0.495 e. The third-order valence-electron chi connectivity index (χ3n) is 6.23. The number of nitrogens with zero attached hydrogens (tertiary/aromatic N) is 1. The van der Waals surface area contributed by atoms with E-state index >= 15 is 0 Å². The molecule has 0 aromatic heterocycles. The third kappa shape index (κ3) is 2.64. The zero-order chi connectivity index (χ0) is 20.0. The van der Waals surface area contributed by atoms with E-state index in [0.717, 1.165) is 6.42 Å². The molecule has 3 heterocycles. The van der Waals surface area contributed by atoms with Crippen molar-refractivity contribution in [2.24, 2.45) is 11.8 Å². The van der Waals surface area contributed by atoms with Crippen molar-refractivity contribution < 1.29 is 19.1 Å². The summed E-state index contributed by atoms with van der Waals surface area (Å²) in [7, 11) is 0. The Hall–Kier alpha value is -2.92. The molecule has 2 aromatic carbocycles. The Labute approximate surface area is 169 Å². The maximum Gasteiger partial charge on any atom is 0.241 e. The first-order valence-corrected chi connectivity index (χ1v) is 10.2. The van der Waals surface area contributed by atoms with Crippen LogP contribution in [-0.2, 0) is 25.5 Å². The van der Waals surface area contributed by atoms with Crippen molar-refractivity contribution in [3.05, 3.63) is 78.1 Å². The van der Waals surface area contributed by atoms with Crippen LogP contribution < -0.4 is 4.90 Å². The number of para-hydroxylation sites is 1. The molecule has 1 unspecified atom stereocenters. The van der Waals surface area contributed by atoms with Gasteiger partial charge in [-0.05, 0) is 43.5 Å². The van der Waals surface area contributed by atoms with Gasteiger partial charge in [0, 0.05) is 0 Å². The topological polar surface area (TPSA) is 55.8 Å². The number of fused-ring (bicyclic) bond motifs is 5. The molecule has 3 aliphatic heterocycles. The highest BCUT2D eigenvalue weighted by molar-refractivity contribution is 6.23. The second kappa shape index (κ2) is 6.85. The van der Waals surface area contributed by atoms with E-state index in [0.29, 0.717) is 24.5 Å². The number of ether oxygens (including phenoxy) is 2. The van der Waals surface area contributed by atoms with Crippen LogP contribution in [0.25, 0.3) is 0 Å². The van der Waals surface area contributed by atoms with Crippen LogP contribution in [0.1, 0.15) is 18.9 Å². The summed E-state index contributed by atoms with van der Waals surface area (Å²) in [6.45, 7) is 2.42. The fourth-order valence-corrected chi connectivity index (χ4v) is 5.01. The predicted octanol–water partition coefficient (Wildman–Crippen LogP) is 3.50. The molecule has 0 aliphatic carbocycles. The van der Waals surface area contributed by atoms with Gasteiger partial charge in [-0.15, -0.1) is 0 Å². The Bertz CT molecular complexity index is 971. The van der Waals surface area contributed by atoms with Gasteiger partial charge in [-0.1, -0.05) is 48.5 Å². The summed E-state index contributed by atoms with van der Waals surface area (Å²) >= 11 is 0. The van der Waals surface area contributed by atoms with Crippen molar-refractivity contribution in [1.82, 2.24) is 0 Å². The molecule has 0 spiro atoms. The van der Waals surface area contributed by atoms with Crippen LogP contribution in [-0.4, -0.2) is 30.1 Å². The fourth-order valence-electron chi connectivity index (χ4n) is 5.01. The predicted molar refractivity (Wildman–Crippen MR) is 108 cm³/mol. The number of hydrogen-bond acceptors (Lipinski definition) is 4. The molecule has 2 aromatic rings. The lowest BCUT2D eigenvalue weighted by Crippen LogP contribution is -2.44. The number of aryl methyl sites for hydroxylation is 1. The highest BCUT2D eigenvalue weighted by atomic mass is 16.6. The number of imide groups is 1. The molecule has 3 aliphatic rings. The zero-order valence-corrected chi connectivity index (χ0v) is 16.3. The highest BCUT2D eigenvalue weighted by Crippen LogP contribution is 2.57.